The molecule has 1 aromatic rings. The Morgan fingerprint density at radius 3 is 2.69 bits per heavy atom. The second-order valence-corrected chi connectivity index (χ2v) is 4.49. The average Bonchev–Trinajstić information content (AvgIpc) is 2.11. The van der Waals surface area contributed by atoms with Crippen LogP contribution >= 0.6 is 39.3 Å². The quantitative estimate of drug-likeness (QED) is 0.795. The summed E-state index contributed by atoms with van der Waals surface area (Å²) in [4.78, 5) is 8.54. The van der Waals surface area contributed by atoms with Crippen LogP contribution in [-0.4, -0.2) is 16.2 Å². The van der Waals surface area contributed by atoms with Crippen molar-refractivity contribution in [3.63, 3.8) is 0 Å². The third-order valence-corrected chi connectivity index (χ3v) is 3.42. The Labute approximate surface area is 95.6 Å². The number of aryl methyl sites for hydroxylation is 1. The van der Waals surface area contributed by atoms with Crippen LogP contribution in [-0.2, 0) is 12.2 Å². The molecule has 0 bridgehead atoms. The second kappa shape index (κ2) is 5.17. The van der Waals surface area contributed by atoms with E-state index in [1.54, 1.807) is 11.8 Å². The van der Waals surface area contributed by atoms with Crippen molar-refractivity contribution in [3.8, 4) is 0 Å². The first-order chi connectivity index (χ1) is 6.19. The van der Waals surface area contributed by atoms with Crippen LogP contribution in [0.4, 0.5) is 0 Å². The lowest BCUT2D eigenvalue weighted by Crippen LogP contribution is -1.99. The average molecular weight is 282 g/mol. The number of hydrogen-bond acceptors (Lipinski definition) is 3. The molecule has 1 aromatic heterocycles. The van der Waals surface area contributed by atoms with Crippen molar-refractivity contribution >= 4 is 39.3 Å². The maximum atomic E-state index is 5.93. The van der Waals surface area contributed by atoms with E-state index in [1.165, 1.54) is 0 Å². The molecular formula is C8H10BrClN2S. The maximum Gasteiger partial charge on any atom is 0.147 e. The van der Waals surface area contributed by atoms with E-state index in [9.17, 15) is 0 Å². The first kappa shape index (κ1) is 11.3. The van der Waals surface area contributed by atoms with Gasteiger partial charge in [-0.2, -0.15) is 11.8 Å². The molecule has 0 spiro atoms. The van der Waals surface area contributed by atoms with E-state index in [4.69, 9.17) is 11.6 Å². The minimum atomic E-state index is 0.510. The first-order valence-corrected chi connectivity index (χ1v) is 6.45. The van der Waals surface area contributed by atoms with Crippen molar-refractivity contribution in [2.45, 2.75) is 19.1 Å². The second-order valence-electron chi connectivity index (χ2n) is 2.48. The first-order valence-electron chi connectivity index (χ1n) is 3.88. The number of rotatable bonds is 3. The molecule has 2 nitrogen and oxygen atoms in total. The summed E-state index contributed by atoms with van der Waals surface area (Å²) < 4.78 is 0.821. The smallest absolute Gasteiger partial charge is 0.147 e. The summed E-state index contributed by atoms with van der Waals surface area (Å²) in [6.45, 7) is 2.05. The van der Waals surface area contributed by atoms with Gasteiger partial charge in [0.05, 0.1) is 15.9 Å². The lowest BCUT2D eigenvalue weighted by atomic mass is 10.3. The molecule has 5 heteroatoms. The van der Waals surface area contributed by atoms with Crippen LogP contribution in [0.25, 0.3) is 0 Å². The summed E-state index contributed by atoms with van der Waals surface area (Å²) in [6, 6.07) is 0. The highest BCUT2D eigenvalue weighted by Gasteiger charge is 2.08. The fourth-order valence-electron chi connectivity index (χ4n) is 0.939. The molecule has 0 unspecified atom stereocenters. The zero-order chi connectivity index (χ0) is 9.84. The third kappa shape index (κ3) is 2.82. The monoisotopic (exact) mass is 280 g/mol. The van der Waals surface area contributed by atoms with E-state index in [0.717, 1.165) is 28.2 Å². The number of aromatic nitrogens is 2. The Hall–Kier alpha value is 0.200. The fraction of sp³-hybridized carbons (Fsp3) is 0.500. The SMILES string of the molecule is CCc1nc(CSC)nc(Cl)c1Br. The van der Waals surface area contributed by atoms with E-state index in [2.05, 4.69) is 25.9 Å². The van der Waals surface area contributed by atoms with Gasteiger partial charge in [-0.15, -0.1) is 0 Å². The zero-order valence-electron chi connectivity index (χ0n) is 7.47. The predicted molar refractivity (Wildman–Crippen MR) is 61.3 cm³/mol. The van der Waals surface area contributed by atoms with Crippen molar-refractivity contribution in [3.05, 3.63) is 21.1 Å². The van der Waals surface area contributed by atoms with Gasteiger partial charge in [0.2, 0.25) is 0 Å². The van der Waals surface area contributed by atoms with Gasteiger partial charge >= 0.3 is 0 Å². The number of nitrogens with zero attached hydrogens (tertiary/aromatic N) is 2. The molecule has 1 rings (SSSR count). The largest absolute Gasteiger partial charge is 0.236 e. The van der Waals surface area contributed by atoms with E-state index in [-0.39, 0.29) is 0 Å². The van der Waals surface area contributed by atoms with E-state index >= 15 is 0 Å². The lowest BCUT2D eigenvalue weighted by molar-refractivity contribution is 0.929. The van der Waals surface area contributed by atoms with Gasteiger partial charge in [0.15, 0.2) is 0 Å². The molecule has 0 radical (unpaired) electrons. The normalized spacial score (nSPS) is 10.5. The Balaban J connectivity index is 3.06. The van der Waals surface area contributed by atoms with Gasteiger partial charge in [0, 0.05) is 0 Å². The summed E-state index contributed by atoms with van der Waals surface area (Å²) >= 11 is 11.0. The standard InChI is InChI=1S/C8H10BrClN2S/c1-3-5-7(9)8(10)12-6(11-5)4-13-2/h3-4H2,1-2H3. The van der Waals surface area contributed by atoms with Crippen molar-refractivity contribution in [1.82, 2.24) is 9.97 Å². The van der Waals surface area contributed by atoms with Crippen LogP contribution < -0.4 is 0 Å². The summed E-state index contributed by atoms with van der Waals surface area (Å²) in [6.07, 6.45) is 2.88. The molecule has 1 heterocycles. The van der Waals surface area contributed by atoms with Crippen LogP contribution in [0.1, 0.15) is 18.4 Å². The molecule has 0 saturated carbocycles. The molecule has 72 valence electrons. The van der Waals surface area contributed by atoms with Crippen LogP contribution in [0.5, 0.6) is 0 Å². The van der Waals surface area contributed by atoms with Gasteiger partial charge in [0.1, 0.15) is 11.0 Å². The Kier molecular flexibility index (Phi) is 4.49. The summed E-state index contributed by atoms with van der Waals surface area (Å²) in [5.41, 5.74) is 0.976. The highest BCUT2D eigenvalue weighted by atomic mass is 79.9. The molecule has 0 aliphatic carbocycles. The van der Waals surface area contributed by atoms with Gasteiger partial charge in [0.25, 0.3) is 0 Å². The van der Waals surface area contributed by atoms with Crippen molar-refractivity contribution in [2.75, 3.05) is 6.26 Å². The molecule has 0 amide bonds. The van der Waals surface area contributed by atoms with Crippen molar-refractivity contribution in [1.29, 1.82) is 0 Å². The van der Waals surface area contributed by atoms with E-state index < -0.39 is 0 Å². The molecule has 0 aliphatic rings. The van der Waals surface area contributed by atoms with Gasteiger partial charge in [-0.25, -0.2) is 9.97 Å². The molecule has 13 heavy (non-hydrogen) atoms. The van der Waals surface area contributed by atoms with E-state index in [1.807, 2.05) is 13.2 Å². The van der Waals surface area contributed by atoms with Gasteiger partial charge in [-0.3, -0.25) is 0 Å². The number of halogens is 2. The summed E-state index contributed by atoms with van der Waals surface area (Å²) in [5.74, 6) is 1.61. The van der Waals surface area contributed by atoms with Gasteiger partial charge < -0.3 is 0 Å². The minimum absolute atomic E-state index is 0.510. The topological polar surface area (TPSA) is 25.8 Å². The lowest BCUT2D eigenvalue weighted by Gasteiger charge is -2.04. The number of thioether (sulfide) groups is 1. The Morgan fingerprint density at radius 1 is 1.46 bits per heavy atom. The fourth-order valence-corrected chi connectivity index (χ4v) is 1.99. The molecule has 0 fully saturated rings. The predicted octanol–water partition coefficient (Wildman–Crippen LogP) is 3.32. The molecule has 0 atom stereocenters. The summed E-state index contributed by atoms with van der Waals surface area (Å²) in [7, 11) is 0. The van der Waals surface area contributed by atoms with Crippen molar-refractivity contribution in [2.24, 2.45) is 0 Å². The summed E-state index contributed by atoms with van der Waals surface area (Å²) in [5, 5.41) is 0.510. The maximum absolute atomic E-state index is 5.93. The van der Waals surface area contributed by atoms with Crippen LogP contribution in [0, 0.1) is 0 Å². The number of hydrogen-bond donors (Lipinski definition) is 0. The highest BCUT2D eigenvalue weighted by Crippen LogP contribution is 2.24. The van der Waals surface area contributed by atoms with Crippen LogP contribution in [0.3, 0.4) is 0 Å². The molecule has 0 aliphatic heterocycles. The molecule has 0 N–H and O–H groups in total. The van der Waals surface area contributed by atoms with Crippen LogP contribution in [0.15, 0.2) is 4.47 Å². The molecule has 0 aromatic carbocycles. The third-order valence-electron chi connectivity index (χ3n) is 1.53. The van der Waals surface area contributed by atoms with E-state index in [0.29, 0.717) is 5.15 Å². The minimum Gasteiger partial charge on any atom is -0.236 e. The Morgan fingerprint density at radius 2 is 2.15 bits per heavy atom. The zero-order valence-corrected chi connectivity index (χ0v) is 10.6. The highest BCUT2D eigenvalue weighted by molar-refractivity contribution is 9.10. The molecule has 0 saturated heterocycles. The van der Waals surface area contributed by atoms with Crippen LogP contribution in [0.2, 0.25) is 5.15 Å². The molecular weight excluding hydrogens is 272 g/mol. The van der Waals surface area contributed by atoms with Gasteiger partial charge in [-0.05, 0) is 28.6 Å². The Bertz CT molecular complexity index is 306. The van der Waals surface area contributed by atoms with Gasteiger partial charge in [-0.1, -0.05) is 18.5 Å². The van der Waals surface area contributed by atoms with Crippen molar-refractivity contribution < 1.29 is 0 Å².